The molecule has 168 valence electrons. The number of aliphatic carboxylic acids is 2. The molecule has 1 amide bonds. The molecule has 0 aliphatic carbocycles. The van der Waals surface area contributed by atoms with Crippen molar-refractivity contribution in [3.63, 3.8) is 0 Å². The van der Waals surface area contributed by atoms with Crippen LogP contribution in [0.25, 0.3) is 0 Å². The fraction of sp³-hybridized carbons (Fsp3) is 0.500. The molecule has 0 bridgehead atoms. The van der Waals surface area contributed by atoms with Gasteiger partial charge < -0.3 is 30.7 Å². The van der Waals surface area contributed by atoms with Gasteiger partial charge in [-0.25, -0.2) is 0 Å². The average molecular weight is 426 g/mol. The van der Waals surface area contributed by atoms with E-state index < -0.39 is 42.1 Å². The second-order valence-corrected chi connectivity index (χ2v) is 6.84. The highest BCUT2D eigenvalue weighted by atomic mass is 16.5. The number of methoxy groups -OCH3 is 2. The van der Waals surface area contributed by atoms with E-state index in [4.69, 9.17) is 25.4 Å². The van der Waals surface area contributed by atoms with Gasteiger partial charge in [0.2, 0.25) is 5.91 Å². The third-order valence-corrected chi connectivity index (χ3v) is 3.81. The van der Waals surface area contributed by atoms with Crippen molar-refractivity contribution < 1.29 is 38.9 Å². The third kappa shape index (κ3) is 9.37. The molecule has 0 saturated heterocycles. The molecule has 5 N–H and O–H groups in total. The first-order valence-electron chi connectivity index (χ1n) is 9.19. The van der Waals surface area contributed by atoms with Crippen LogP contribution in [0.3, 0.4) is 0 Å². The van der Waals surface area contributed by atoms with Crippen LogP contribution in [0, 0.1) is 5.92 Å². The van der Waals surface area contributed by atoms with E-state index in [2.05, 4.69) is 5.32 Å². The van der Waals surface area contributed by atoms with E-state index in [9.17, 15) is 19.2 Å². The molecule has 2 atom stereocenters. The molecule has 0 heterocycles. The minimum Gasteiger partial charge on any atom is -0.496 e. The summed E-state index contributed by atoms with van der Waals surface area (Å²) in [6.07, 6.45) is -0.0328. The smallest absolute Gasteiger partial charge is 0.325 e. The molecule has 0 fully saturated rings. The molecule has 10 heteroatoms. The lowest BCUT2D eigenvalue weighted by molar-refractivity contribution is -0.141. The second-order valence-electron chi connectivity index (χ2n) is 6.84. The Bertz CT molecular complexity index is 726. The monoisotopic (exact) mass is 426 g/mol. The number of rotatable bonds is 10. The number of nitrogens with one attached hydrogen (secondary N) is 1. The maximum absolute atomic E-state index is 11.7. The van der Waals surface area contributed by atoms with E-state index in [1.807, 2.05) is 13.8 Å². The van der Waals surface area contributed by atoms with Gasteiger partial charge >= 0.3 is 11.9 Å². The highest BCUT2D eigenvalue weighted by Crippen LogP contribution is 2.29. The summed E-state index contributed by atoms with van der Waals surface area (Å²) in [5.74, 6) is -2.25. The van der Waals surface area contributed by atoms with Crippen LogP contribution in [-0.4, -0.2) is 60.1 Å². The fourth-order valence-corrected chi connectivity index (χ4v) is 2.35. The molecule has 1 rings (SSSR count). The molecule has 0 aromatic heterocycles. The Morgan fingerprint density at radius 3 is 1.90 bits per heavy atom. The number of carbonyl (C=O) groups is 4. The van der Waals surface area contributed by atoms with E-state index in [-0.39, 0.29) is 5.56 Å². The van der Waals surface area contributed by atoms with Gasteiger partial charge in [0, 0.05) is 0 Å². The Morgan fingerprint density at radius 1 is 1.03 bits per heavy atom. The number of ketones is 1. The summed E-state index contributed by atoms with van der Waals surface area (Å²) in [5.41, 5.74) is 5.72. The molecule has 0 radical (unpaired) electrons. The Morgan fingerprint density at radius 2 is 1.53 bits per heavy atom. The van der Waals surface area contributed by atoms with Crippen LogP contribution >= 0.6 is 0 Å². The molecule has 0 aliphatic rings. The van der Waals surface area contributed by atoms with E-state index in [0.717, 1.165) is 0 Å². The molecular formula is C20H30N2O8. The largest absolute Gasteiger partial charge is 0.496 e. The maximum atomic E-state index is 11.7. The van der Waals surface area contributed by atoms with Gasteiger partial charge in [0.15, 0.2) is 5.78 Å². The van der Waals surface area contributed by atoms with E-state index in [0.29, 0.717) is 23.8 Å². The Labute approximate surface area is 175 Å². The van der Waals surface area contributed by atoms with Crippen molar-refractivity contribution in [3.8, 4) is 11.5 Å². The lowest BCUT2D eigenvalue weighted by Crippen LogP contribution is -2.47. The summed E-state index contributed by atoms with van der Waals surface area (Å²) in [7, 11) is 2.82. The number of ether oxygens (including phenoxy) is 2. The molecule has 10 nitrogen and oxygen atoms in total. The number of nitrogens with two attached hydrogens (primary N) is 1. The summed E-state index contributed by atoms with van der Waals surface area (Å²) < 4.78 is 9.99. The number of Topliss-reactive ketones (excluding diaryl/α,β-unsaturated/α-hetero) is 1. The fourth-order valence-electron chi connectivity index (χ4n) is 2.35. The van der Waals surface area contributed by atoms with Gasteiger partial charge in [-0.15, -0.1) is 0 Å². The summed E-state index contributed by atoms with van der Waals surface area (Å²) >= 11 is 0. The van der Waals surface area contributed by atoms with E-state index >= 15 is 0 Å². The van der Waals surface area contributed by atoms with Crippen molar-refractivity contribution in [1.82, 2.24) is 5.32 Å². The van der Waals surface area contributed by atoms with Gasteiger partial charge in [-0.1, -0.05) is 19.9 Å². The van der Waals surface area contributed by atoms with E-state index in [1.165, 1.54) is 21.1 Å². The lowest BCUT2D eigenvalue weighted by atomic mass is 10.0. The minimum atomic E-state index is -1.18. The Kier molecular flexibility index (Phi) is 11.8. The molecule has 0 aliphatic heterocycles. The van der Waals surface area contributed by atoms with Gasteiger partial charge in [-0.2, -0.15) is 0 Å². The highest BCUT2D eigenvalue weighted by Gasteiger charge is 2.21. The average Bonchev–Trinajstić information content (AvgIpc) is 2.66. The van der Waals surface area contributed by atoms with Crippen LogP contribution in [0.4, 0.5) is 0 Å². The molecule has 0 saturated carbocycles. The van der Waals surface area contributed by atoms with Crippen LogP contribution in [-0.2, 0) is 14.4 Å². The zero-order valence-electron chi connectivity index (χ0n) is 17.8. The van der Waals surface area contributed by atoms with Crippen molar-refractivity contribution in [2.45, 2.75) is 45.7 Å². The number of carboxylic acids is 2. The molecule has 1 aromatic carbocycles. The predicted octanol–water partition coefficient (Wildman–Crippen LogP) is 1.31. The molecule has 1 aromatic rings. The van der Waals surface area contributed by atoms with Crippen LogP contribution in [0.5, 0.6) is 11.5 Å². The van der Waals surface area contributed by atoms with Crippen LogP contribution in [0.2, 0.25) is 0 Å². The minimum absolute atomic E-state index is 0.162. The summed E-state index contributed by atoms with van der Waals surface area (Å²) in [6.45, 7) is 5.31. The summed E-state index contributed by atoms with van der Waals surface area (Å²) in [6, 6.07) is 3.31. The lowest BCUT2D eigenvalue weighted by Gasteiger charge is -2.16. The second kappa shape index (κ2) is 13.2. The number of carboxylic acid groups (broad SMARTS) is 2. The number of hydrogen-bond acceptors (Lipinski definition) is 7. The zero-order valence-corrected chi connectivity index (χ0v) is 17.8. The first kappa shape index (κ1) is 26.9. The van der Waals surface area contributed by atoms with Crippen LogP contribution in [0.1, 0.15) is 44.0 Å². The van der Waals surface area contributed by atoms with Gasteiger partial charge in [-0.05, 0) is 31.4 Å². The standard InChI is InChI=1S/C11H12O5.C9H18N2O3/c1-15-8-4-3-5-9(16-2)11(8)7(12)6-10(13)14;1-5(2)4-7(10)8(12)11-6(3)9(13)14/h3-5H,6H2,1-2H3,(H,13,14);5-7H,4,10H2,1-3H3,(H,11,12)(H,13,14)/t;6-,7?/m.0/s1. The predicted molar refractivity (Wildman–Crippen MR) is 109 cm³/mol. The zero-order chi connectivity index (χ0) is 23.4. The molecule has 0 spiro atoms. The Hall–Kier alpha value is -3.14. The topological polar surface area (TPSA) is 165 Å². The number of amides is 1. The quantitative estimate of drug-likeness (QED) is 0.319. The first-order chi connectivity index (χ1) is 13.9. The van der Waals surface area contributed by atoms with Crippen molar-refractivity contribution in [2.75, 3.05) is 14.2 Å². The molecule has 1 unspecified atom stereocenters. The Balaban J connectivity index is 0.000000567. The van der Waals surface area contributed by atoms with Crippen molar-refractivity contribution >= 4 is 23.6 Å². The van der Waals surface area contributed by atoms with Crippen LogP contribution < -0.4 is 20.5 Å². The van der Waals surface area contributed by atoms with Gasteiger partial charge in [0.05, 0.1) is 20.3 Å². The van der Waals surface area contributed by atoms with Gasteiger partial charge in [0.25, 0.3) is 0 Å². The molecule has 30 heavy (non-hydrogen) atoms. The van der Waals surface area contributed by atoms with Crippen molar-refractivity contribution in [1.29, 1.82) is 0 Å². The number of hydrogen-bond donors (Lipinski definition) is 4. The number of benzene rings is 1. The third-order valence-electron chi connectivity index (χ3n) is 3.81. The summed E-state index contributed by atoms with van der Waals surface area (Å²) in [4.78, 5) is 43.9. The van der Waals surface area contributed by atoms with Gasteiger partial charge in [-0.3, -0.25) is 19.2 Å². The van der Waals surface area contributed by atoms with Crippen molar-refractivity contribution in [2.24, 2.45) is 11.7 Å². The van der Waals surface area contributed by atoms with Crippen molar-refractivity contribution in [3.05, 3.63) is 23.8 Å². The SMILES string of the molecule is CC(C)CC(N)C(=O)N[C@@H](C)C(=O)O.COc1cccc(OC)c1C(=O)CC(=O)O. The van der Waals surface area contributed by atoms with E-state index in [1.54, 1.807) is 18.2 Å². The highest BCUT2D eigenvalue weighted by molar-refractivity contribution is 6.08. The maximum Gasteiger partial charge on any atom is 0.325 e. The van der Waals surface area contributed by atoms with Gasteiger partial charge in [0.1, 0.15) is 29.5 Å². The summed E-state index contributed by atoms with van der Waals surface area (Å²) in [5, 5.41) is 19.4. The first-order valence-corrected chi connectivity index (χ1v) is 9.19. The number of carbonyl (C=O) groups excluding carboxylic acids is 2. The normalized spacial score (nSPS) is 12.1. The van der Waals surface area contributed by atoms with Crippen LogP contribution in [0.15, 0.2) is 18.2 Å². The molecular weight excluding hydrogens is 396 g/mol.